The molecular weight excluding hydrogens is 1220 g/mol. The number of carbonyl (C=O) groups is 3. The molecule has 0 bridgehead atoms. The molecule has 0 saturated heterocycles. The van der Waals surface area contributed by atoms with E-state index in [-0.39, 0.29) is 88.1 Å². The Morgan fingerprint density at radius 2 is 0.724 bits per heavy atom. The molecule has 10 aromatic rings. The van der Waals surface area contributed by atoms with E-state index in [0.717, 1.165) is 31.8 Å². The minimum absolute atomic E-state index is 0.0529. The van der Waals surface area contributed by atoms with Gasteiger partial charge >= 0.3 is 6.01 Å². The summed E-state index contributed by atoms with van der Waals surface area (Å²) in [5, 5.41) is 0.0201. The van der Waals surface area contributed by atoms with Crippen molar-refractivity contribution in [1.82, 2.24) is 58.0 Å². The monoisotopic (exact) mass is 1270 g/mol. The molecule has 3 aliphatic rings. The van der Waals surface area contributed by atoms with Crippen LogP contribution in [0, 0.1) is 0 Å². The minimum Gasteiger partial charge on any atom is -0.424 e. The number of ether oxygens (including phenoxy) is 1. The molecule has 23 nitrogen and oxygen atoms in total. The molecule has 0 radical (unpaired) electrons. The molecule has 442 valence electrons. The van der Waals surface area contributed by atoms with Gasteiger partial charge in [0.05, 0.1) is 32.1 Å². The largest absolute Gasteiger partial charge is 0.424 e. The van der Waals surface area contributed by atoms with Crippen LogP contribution in [0.1, 0.15) is 67.0 Å². The Morgan fingerprint density at radius 1 is 0.414 bits per heavy atom. The van der Waals surface area contributed by atoms with E-state index in [1.54, 1.807) is 116 Å². The Morgan fingerprint density at radius 3 is 1.07 bits per heavy atom. The molecular formula is C59H47Cl3N12O11S2. The van der Waals surface area contributed by atoms with Crippen molar-refractivity contribution < 1.29 is 36.0 Å². The standard InChI is InChI=1S/C23H17ClN4O3.2C18H15ClN4O4S/c24-17-10-5-4-9-16(17)21(29)19-20(27-13-6-14-28(27)22(19)30)18-11-12-25-23(26-18)31-15-7-2-1-3-8-15;2*1-28(26,27)18-20-8-7-13(21-18)15-14(17(25)23-10-4-9-22(15)23)16(24)11-5-2-3-6-12(11)19/h1-5,7-12H,6,13-14H2;2*2-3,5-8H,4,9-10H2,1H3. The summed E-state index contributed by atoms with van der Waals surface area (Å²) in [4.78, 5) is 103. The number of para-hydroxylation sites is 1. The summed E-state index contributed by atoms with van der Waals surface area (Å²) in [6.07, 6.45) is 8.41. The third-order valence-electron chi connectivity index (χ3n) is 14.2. The van der Waals surface area contributed by atoms with E-state index in [1.165, 1.54) is 33.9 Å². The summed E-state index contributed by atoms with van der Waals surface area (Å²) in [5.74, 6) is -0.894. The molecule has 6 aromatic heterocycles. The fraction of sp³-hybridized carbons (Fsp3) is 0.186. The van der Waals surface area contributed by atoms with Crippen molar-refractivity contribution in [3.05, 3.63) is 219 Å². The fourth-order valence-electron chi connectivity index (χ4n) is 10.4. The fourth-order valence-corrected chi connectivity index (χ4v) is 12.1. The van der Waals surface area contributed by atoms with E-state index in [2.05, 4.69) is 29.9 Å². The Hall–Kier alpha value is -9.27. The first-order chi connectivity index (χ1) is 41.7. The van der Waals surface area contributed by atoms with Crippen LogP contribution >= 0.6 is 34.8 Å². The molecule has 4 aromatic carbocycles. The Bertz CT molecular complexity index is 4660. The summed E-state index contributed by atoms with van der Waals surface area (Å²) in [6.45, 7) is 3.10. The molecule has 0 atom stereocenters. The molecule has 0 aliphatic carbocycles. The number of benzene rings is 4. The van der Waals surface area contributed by atoms with Crippen LogP contribution in [-0.4, -0.2) is 105 Å². The Balaban J connectivity index is 0.000000135. The second-order valence-corrected chi connectivity index (χ2v) is 25.0. The van der Waals surface area contributed by atoms with Crippen molar-refractivity contribution in [1.29, 1.82) is 0 Å². The number of carbonyl (C=O) groups excluding carboxylic acids is 3. The number of nitrogens with zero attached hydrogens (tertiary/aromatic N) is 12. The van der Waals surface area contributed by atoms with Crippen LogP contribution in [0.3, 0.4) is 0 Å². The highest BCUT2D eigenvalue weighted by Gasteiger charge is 2.35. The second kappa shape index (κ2) is 24.2. The van der Waals surface area contributed by atoms with Crippen molar-refractivity contribution >= 4 is 71.8 Å². The number of hydrogen-bond donors (Lipinski definition) is 0. The van der Waals surface area contributed by atoms with Gasteiger partial charge in [-0.05, 0) is 86.0 Å². The quantitative estimate of drug-likeness (QED) is 0.0786. The first kappa shape index (κ1) is 59.5. The topological polar surface area (TPSA) is 287 Å². The summed E-state index contributed by atoms with van der Waals surface area (Å²) < 4.78 is 62.8. The lowest BCUT2D eigenvalue weighted by Gasteiger charge is -2.09. The average molecular weight is 1270 g/mol. The van der Waals surface area contributed by atoms with E-state index in [9.17, 15) is 45.6 Å². The van der Waals surface area contributed by atoms with Gasteiger partial charge < -0.3 is 4.74 Å². The second-order valence-electron chi connectivity index (χ2n) is 19.9. The molecule has 13 rings (SSSR count). The van der Waals surface area contributed by atoms with Gasteiger partial charge in [-0.15, -0.1) is 0 Å². The van der Waals surface area contributed by atoms with Gasteiger partial charge in [0, 0.05) is 87.1 Å². The summed E-state index contributed by atoms with van der Waals surface area (Å²) >= 11 is 18.6. The minimum atomic E-state index is -3.66. The number of ketones is 3. The predicted octanol–water partition coefficient (Wildman–Crippen LogP) is 7.78. The van der Waals surface area contributed by atoms with Gasteiger partial charge in [-0.3, -0.25) is 42.8 Å². The maximum Gasteiger partial charge on any atom is 0.322 e. The number of rotatable bonds is 13. The van der Waals surface area contributed by atoms with Crippen molar-refractivity contribution in [3.8, 4) is 45.9 Å². The van der Waals surface area contributed by atoms with E-state index in [1.807, 2.05) is 18.2 Å². The van der Waals surface area contributed by atoms with Crippen LogP contribution < -0.4 is 21.4 Å². The number of sulfone groups is 2. The van der Waals surface area contributed by atoms with Crippen LogP contribution in [0.15, 0.2) is 165 Å². The van der Waals surface area contributed by atoms with Crippen molar-refractivity contribution in [2.24, 2.45) is 0 Å². The lowest BCUT2D eigenvalue weighted by atomic mass is 10.0. The van der Waals surface area contributed by atoms with E-state index in [0.29, 0.717) is 61.4 Å². The van der Waals surface area contributed by atoms with Crippen LogP contribution in [0.25, 0.3) is 34.2 Å². The summed E-state index contributed by atoms with van der Waals surface area (Å²) in [6, 6.07) is 33.6. The molecule has 0 fully saturated rings. The SMILES string of the molecule is CS(=O)(=O)c1nccc(-c2c(C(=O)c3ccccc3Cl)c(=O)n3n2CCC3)n1.CS(=O)(=O)c1nccc(-c2c(C(=O)c3ccccc3Cl)c(=O)n3n2CCC3)n1.O=C(c1ccccc1Cl)c1c(-c2ccnc(Oc3ccccc3)n2)n2n(c1=O)CCC2. The molecule has 87 heavy (non-hydrogen) atoms. The first-order valence-electron chi connectivity index (χ1n) is 26.7. The lowest BCUT2D eigenvalue weighted by Crippen LogP contribution is -2.21. The van der Waals surface area contributed by atoms with Crippen LogP contribution in [-0.2, 0) is 58.9 Å². The number of aromatic nitrogens is 12. The van der Waals surface area contributed by atoms with Crippen LogP contribution in [0.2, 0.25) is 15.1 Å². The van der Waals surface area contributed by atoms with Crippen molar-refractivity contribution in [3.63, 3.8) is 0 Å². The van der Waals surface area contributed by atoms with Crippen molar-refractivity contribution in [2.45, 2.75) is 68.8 Å². The molecule has 0 spiro atoms. The maximum absolute atomic E-state index is 13.4. The normalized spacial score (nSPS) is 13.2. The highest BCUT2D eigenvalue weighted by atomic mass is 35.5. The molecule has 0 amide bonds. The van der Waals surface area contributed by atoms with Gasteiger partial charge in [0.25, 0.3) is 16.7 Å². The van der Waals surface area contributed by atoms with E-state index in [4.69, 9.17) is 39.5 Å². The van der Waals surface area contributed by atoms with E-state index >= 15 is 0 Å². The average Bonchev–Trinajstić information content (AvgIpc) is 1.84. The number of halogens is 3. The molecule has 9 heterocycles. The molecule has 0 unspecified atom stereocenters. The molecule has 0 N–H and O–H groups in total. The van der Waals surface area contributed by atoms with Gasteiger partial charge in [-0.2, -0.15) is 4.98 Å². The Labute approximate surface area is 509 Å². The maximum atomic E-state index is 13.4. The van der Waals surface area contributed by atoms with Gasteiger partial charge in [0.2, 0.25) is 47.3 Å². The zero-order valence-corrected chi connectivity index (χ0v) is 49.9. The van der Waals surface area contributed by atoms with E-state index < -0.39 is 48.1 Å². The molecule has 0 saturated carbocycles. The molecule has 3 aliphatic heterocycles. The zero-order chi connectivity index (χ0) is 61.5. The zero-order valence-electron chi connectivity index (χ0n) is 46.0. The smallest absolute Gasteiger partial charge is 0.322 e. The highest BCUT2D eigenvalue weighted by Crippen LogP contribution is 2.33. The van der Waals surface area contributed by atoms with Gasteiger partial charge in [0.1, 0.15) is 39.5 Å². The highest BCUT2D eigenvalue weighted by molar-refractivity contribution is 7.90. The van der Waals surface area contributed by atoms with Gasteiger partial charge in [-0.1, -0.05) is 89.4 Å². The van der Waals surface area contributed by atoms with Crippen molar-refractivity contribution in [2.75, 3.05) is 12.5 Å². The number of hydrogen-bond acceptors (Lipinski definition) is 17. The lowest BCUT2D eigenvalue weighted by molar-refractivity contribution is 0.103. The van der Waals surface area contributed by atoms with Crippen LogP contribution in [0.5, 0.6) is 11.8 Å². The Kier molecular flexibility index (Phi) is 16.6. The summed E-state index contributed by atoms with van der Waals surface area (Å²) in [5.41, 5.74) is 1.18. The van der Waals surface area contributed by atoms with Gasteiger partial charge in [-0.25, -0.2) is 55.8 Å². The summed E-state index contributed by atoms with van der Waals surface area (Å²) in [7, 11) is -7.31. The third-order valence-corrected chi connectivity index (χ3v) is 16.9. The third kappa shape index (κ3) is 11.7. The van der Waals surface area contributed by atoms with Crippen LogP contribution in [0.4, 0.5) is 0 Å². The number of fused-ring (bicyclic) bond motifs is 3. The van der Waals surface area contributed by atoms with Gasteiger partial charge in [0.15, 0.2) is 0 Å². The predicted molar refractivity (Wildman–Crippen MR) is 320 cm³/mol. The molecule has 28 heteroatoms. The first-order valence-corrected chi connectivity index (χ1v) is 31.6.